The van der Waals surface area contributed by atoms with E-state index >= 15 is 0 Å². The number of carbonyl (C=O) groups is 2. The van der Waals surface area contributed by atoms with Gasteiger partial charge in [-0.05, 0) is 126 Å². The van der Waals surface area contributed by atoms with E-state index in [-0.39, 0.29) is 41.3 Å². The quantitative estimate of drug-likeness (QED) is 0.368. The van der Waals surface area contributed by atoms with Crippen LogP contribution in [0.3, 0.4) is 0 Å². The summed E-state index contributed by atoms with van der Waals surface area (Å²) < 4.78 is 5.77. The molecule has 0 aromatic carbocycles. The normalized spacial score (nSPS) is 42.1. The van der Waals surface area contributed by atoms with Crippen LogP contribution in [0.25, 0.3) is 0 Å². The standard InChI is InChI=1S/C32H50N2O6/c1-29(2)18-20(11-15-39-29)26(17-28(36)37)33-27(35)19-40-34-22-8-12-30(3)21(16-22)6-7-23-24(30)9-13-31(4)25(23)10-14-32(31,5)38/h16,20,23-26,38H,6-15,17-19H2,1-5H3,(H,33,35)(H,36,37)/t20-,23-,24-,25-,26+,30+,31+,32+/m1/s1. The van der Waals surface area contributed by atoms with Gasteiger partial charge in [0.1, 0.15) is 0 Å². The first kappa shape index (κ1) is 29.6. The molecule has 8 nitrogen and oxygen atoms in total. The van der Waals surface area contributed by atoms with Crippen molar-refractivity contribution in [3.05, 3.63) is 11.6 Å². The molecule has 5 aliphatic rings. The highest BCUT2D eigenvalue weighted by Gasteiger charge is 2.62. The Hall–Kier alpha value is -1.93. The van der Waals surface area contributed by atoms with E-state index in [2.05, 4.69) is 37.3 Å². The fourth-order valence-electron chi connectivity index (χ4n) is 9.45. The Morgan fingerprint density at radius 1 is 1.07 bits per heavy atom. The van der Waals surface area contributed by atoms with E-state index in [1.807, 2.05) is 13.8 Å². The summed E-state index contributed by atoms with van der Waals surface area (Å²) in [5, 5.41) is 27.8. The molecule has 1 saturated heterocycles. The van der Waals surface area contributed by atoms with Gasteiger partial charge in [-0.3, -0.25) is 9.59 Å². The van der Waals surface area contributed by atoms with Crippen molar-refractivity contribution in [1.29, 1.82) is 0 Å². The van der Waals surface area contributed by atoms with Crippen LogP contribution in [0.4, 0.5) is 0 Å². The van der Waals surface area contributed by atoms with Gasteiger partial charge in [-0.2, -0.15) is 0 Å². The minimum absolute atomic E-state index is 0.0336. The van der Waals surface area contributed by atoms with E-state index in [0.29, 0.717) is 30.8 Å². The molecule has 0 aromatic heterocycles. The molecule has 1 amide bonds. The zero-order chi connectivity index (χ0) is 28.9. The molecular weight excluding hydrogens is 508 g/mol. The van der Waals surface area contributed by atoms with E-state index in [4.69, 9.17) is 9.57 Å². The zero-order valence-electron chi connectivity index (χ0n) is 25.1. The summed E-state index contributed by atoms with van der Waals surface area (Å²) in [5.74, 6) is 0.699. The van der Waals surface area contributed by atoms with Gasteiger partial charge in [0.15, 0.2) is 6.61 Å². The predicted molar refractivity (Wildman–Crippen MR) is 153 cm³/mol. The molecule has 1 heterocycles. The summed E-state index contributed by atoms with van der Waals surface area (Å²) in [5.41, 5.74) is 1.66. The summed E-state index contributed by atoms with van der Waals surface area (Å²) in [6.45, 7) is 11.2. The molecule has 40 heavy (non-hydrogen) atoms. The second kappa shape index (κ2) is 10.7. The Morgan fingerprint density at radius 3 is 2.55 bits per heavy atom. The first-order chi connectivity index (χ1) is 18.7. The zero-order valence-corrected chi connectivity index (χ0v) is 25.1. The first-order valence-corrected chi connectivity index (χ1v) is 15.5. The third kappa shape index (κ3) is 5.47. The van der Waals surface area contributed by atoms with E-state index in [1.54, 1.807) is 0 Å². The van der Waals surface area contributed by atoms with Crippen molar-refractivity contribution < 1.29 is 29.4 Å². The largest absolute Gasteiger partial charge is 0.481 e. The number of carboxylic acid groups (broad SMARTS) is 1. The number of aliphatic carboxylic acids is 1. The molecule has 0 radical (unpaired) electrons. The molecule has 0 bridgehead atoms. The molecule has 224 valence electrons. The molecule has 0 spiro atoms. The lowest BCUT2D eigenvalue weighted by molar-refractivity contribution is -0.139. The molecule has 8 heteroatoms. The topological polar surface area (TPSA) is 117 Å². The first-order valence-electron chi connectivity index (χ1n) is 15.5. The van der Waals surface area contributed by atoms with Gasteiger partial charge < -0.3 is 25.1 Å². The highest BCUT2D eigenvalue weighted by atomic mass is 16.6. The predicted octanol–water partition coefficient (Wildman–Crippen LogP) is 5.24. The van der Waals surface area contributed by atoms with Gasteiger partial charge >= 0.3 is 5.97 Å². The minimum Gasteiger partial charge on any atom is -0.481 e. The number of hydrogen-bond donors (Lipinski definition) is 3. The average molecular weight is 559 g/mol. The van der Waals surface area contributed by atoms with Gasteiger partial charge in [0, 0.05) is 12.6 Å². The maximum absolute atomic E-state index is 12.7. The molecular formula is C32H50N2O6. The fourth-order valence-corrected chi connectivity index (χ4v) is 9.45. The number of fused-ring (bicyclic) bond motifs is 5. The molecule has 5 rings (SSSR count). The smallest absolute Gasteiger partial charge is 0.305 e. The molecule has 4 aliphatic carbocycles. The van der Waals surface area contributed by atoms with Gasteiger partial charge in [0.25, 0.3) is 5.91 Å². The molecule has 3 saturated carbocycles. The Kier molecular flexibility index (Phi) is 7.92. The molecule has 0 aromatic rings. The lowest BCUT2D eigenvalue weighted by Crippen LogP contribution is -2.53. The SMILES string of the molecule is CC1(C)C[C@H]([C@H](CC(=O)O)NC(=O)CON=C2C=C3CC[C@@H]4[C@@H](CC[C@@]5(C)[C@@H]4CC[C@]5(C)O)[C@@]3(C)CC2)CCO1. The second-order valence-corrected chi connectivity index (χ2v) is 14.8. The van der Waals surface area contributed by atoms with Crippen LogP contribution in [0.2, 0.25) is 0 Å². The number of aliphatic hydroxyl groups is 1. The number of rotatable bonds is 7. The van der Waals surface area contributed by atoms with Crippen molar-refractivity contribution in [3.63, 3.8) is 0 Å². The van der Waals surface area contributed by atoms with Crippen molar-refractivity contribution in [2.45, 2.75) is 122 Å². The number of carboxylic acids is 1. The van der Waals surface area contributed by atoms with Gasteiger partial charge in [-0.15, -0.1) is 0 Å². The van der Waals surface area contributed by atoms with E-state index < -0.39 is 17.6 Å². The lowest BCUT2D eigenvalue weighted by Gasteiger charge is -2.59. The van der Waals surface area contributed by atoms with E-state index in [9.17, 15) is 19.8 Å². The third-order valence-corrected chi connectivity index (χ3v) is 12.0. The van der Waals surface area contributed by atoms with Crippen molar-refractivity contribution in [1.82, 2.24) is 5.32 Å². The summed E-state index contributed by atoms with van der Waals surface area (Å²) in [6.07, 6.45) is 11.9. The van der Waals surface area contributed by atoms with Crippen LogP contribution in [0, 0.1) is 34.5 Å². The lowest BCUT2D eigenvalue weighted by atomic mass is 9.46. The van der Waals surface area contributed by atoms with E-state index in [0.717, 1.165) is 50.7 Å². The van der Waals surface area contributed by atoms with Gasteiger partial charge in [-0.1, -0.05) is 24.6 Å². The number of nitrogens with zero attached hydrogens (tertiary/aromatic N) is 1. The number of allylic oxidation sites excluding steroid dienone is 2. The minimum atomic E-state index is -0.928. The molecule has 0 unspecified atom stereocenters. The maximum Gasteiger partial charge on any atom is 0.305 e. The second-order valence-electron chi connectivity index (χ2n) is 14.8. The van der Waals surface area contributed by atoms with E-state index in [1.165, 1.54) is 18.4 Å². The Bertz CT molecular complexity index is 1070. The van der Waals surface area contributed by atoms with Gasteiger partial charge in [0.2, 0.25) is 0 Å². The monoisotopic (exact) mass is 558 g/mol. The Labute approximate surface area is 239 Å². The summed E-state index contributed by atoms with van der Waals surface area (Å²) in [7, 11) is 0. The van der Waals surface area contributed by atoms with Crippen LogP contribution < -0.4 is 5.32 Å². The molecule has 4 fully saturated rings. The summed E-state index contributed by atoms with van der Waals surface area (Å²) in [6, 6.07) is -0.460. The van der Waals surface area contributed by atoms with Crippen LogP contribution in [-0.2, 0) is 19.2 Å². The number of ether oxygens (including phenoxy) is 1. The van der Waals surface area contributed by atoms with Gasteiger partial charge in [-0.25, -0.2) is 0 Å². The maximum atomic E-state index is 12.7. The fraction of sp³-hybridized carbons (Fsp3) is 0.844. The van der Waals surface area contributed by atoms with Crippen molar-refractivity contribution in [3.8, 4) is 0 Å². The molecule has 1 aliphatic heterocycles. The number of amides is 1. The Balaban J connectivity index is 1.19. The number of carbonyl (C=O) groups excluding carboxylic acids is 1. The van der Waals surface area contributed by atoms with Crippen molar-refractivity contribution in [2.24, 2.45) is 39.7 Å². The van der Waals surface area contributed by atoms with Crippen molar-refractivity contribution in [2.75, 3.05) is 13.2 Å². The summed E-state index contributed by atoms with van der Waals surface area (Å²) in [4.78, 5) is 29.7. The highest BCUT2D eigenvalue weighted by Crippen LogP contribution is 2.67. The molecule has 8 atom stereocenters. The number of oxime groups is 1. The highest BCUT2D eigenvalue weighted by molar-refractivity contribution is 5.96. The van der Waals surface area contributed by atoms with Crippen LogP contribution in [-0.4, -0.2) is 58.3 Å². The van der Waals surface area contributed by atoms with Crippen molar-refractivity contribution >= 4 is 17.6 Å². The Morgan fingerprint density at radius 2 is 1.82 bits per heavy atom. The van der Waals surface area contributed by atoms with Crippen LogP contribution in [0.15, 0.2) is 16.8 Å². The molecule has 3 N–H and O–H groups in total. The third-order valence-electron chi connectivity index (χ3n) is 12.0. The van der Waals surface area contributed by atoms with Crippen LogP contribution in [0.5, 0.6) is 0 Å². The number of nitrogens with one attached hydrogen (secondary N) is 1. The average Bonchev–Trinajstić information content (AvgIpc) is 3.11. The van der Waals surface area contributed by atoms with Crippen LogP contribution in [0.1, 0.15) is 105 Å². The number of hydrogen-bond acceptors (Lipinski definition) is 6. The van der Waals surface area contributed by atoms with Gasteiger partial charge in [0.05, 0.1) is 23.3 Å². The summed E-state index contributed by atoms with van der Waals surface area (Å²) >= 11 is 0. The van der Waals surface area contributed by atoms with Crippen LogP contribution >= 0.6 is 0 Å².